The second kappa shape index (κ2) is 5.56. The number of halogens is 2. The molecule has 24 heavy (non-hydrogen) atoms. The lowest BCUT2D eigenvalue weighted by Crippen LogP contribution is -1.91. The Morgan fingerprint density at radius 2 is 1.83 bits per heavy atom. The van der Waals surface area contributed by atoms with Gasteiger partial charge in [-0.2, -0.15) is 10.2 Å². The molecular weight excluding hydrogens is 310 g/mol. The van der Waals surface area contributed by atoms with Crippen LogP contribution < -0.4 is 0 Å². The summed E-state index contributed by atoms with van der Waals surface area (Å²) in [6.45, 7) is 0. The Balaban J connectivity index is 1.74. The molecule has 0 amide bonds. The number of hydrogen-bond acceptors (Lipinski definition) is 2. The molecule has 1 N–H and O–H groups in total. The van der Waals surface area contributed by atoms with E-state index in [1.165, 1.54) is 12.1 Å². The Kier molecular flexibility index (Phi) is 3.37. The standard InChI is InChI=1S/C18H14F2N4/c1-24-10-13(9-21-24)18-16-7-11(2-3-17(16)22-23-18)4-12-5-14(19)8-15(20)6-12/h2-3,5-10H,4H2,1H3,(H,22,23). The molecule has 4 nitrogen and oxygen atoms in total. The molecule has 0 spiro atoms. The molecular formula is C18H14F2N4. The highest BCUT2D eigenvalue weighted by Crippen LogP contribution is 2.27. The quantitative estimate of drug-likeness (QED) is 0.622. The molecule has 120 valence electrons. The molecule has 2 heterocycles. The molecule has 2 aromatic heterocycles. The normalized spacial score (nSPS) is 11.3. The molecule has 0 aliphatic rings. The van der Waals surface area contributed by atoms with Crippen molar-refractivity contribution in [1.29, 1.82) is 0 Å². The third-order valence-corrected chi connectivity index (χ3v) is 3.94. The van der Waals surface area contributed by atoms with Crippen LogP contribution in [0.3, 0.4) is 0 Å². The van der Waals surface area contributed by atoms with E-state index in [2.05, 4.69) is 15.3 Å². The van der Waals surface area contributed by atoms with Gasteiger partial charge in [0.15, 0.2) is 0 Å². The summed E-state index contributed by atoms with van der Waals surface area (Å²) in [6, 6.07) is 9.42. The van der Waals surface area contributed by atoms with Gasteiger partial charge in [0.2, 0.25) is 0 Å². The Hall–Kier alpha value is -3.02. The molecule has 0 aliphatic carbocycles. The zero-order chi connectivity index (χ0) is 16.7. The minimum absolute atomic E-state index is 0.447. The summed E-state index contributed by atoms with van der Waals surface area (Å²) < 4.78 is 28.4. The van der Waals surface area contributed by atoms with Gasteiger partial charge in [0.1, 0.15) is 17.3 Å². The lowest BCUT2D eigenvalue weighted by molar-refractivity contribution is 0.580. The number of fused-ring (bicyclic) bond motifs is 1. The summed E-state index contributed by atoms with van der Waals surface area (Å²) in [7, 11) is 1.85. The number of aromatic amines is 1. The van der Waals surface area contributed by atoms with E-state index < -0.39 is 11.6 Å². The van der Waals surface area contributed by atoms with Crippen LogP contribution in [0.2, 0.25) is 0 Å². The molecule has 2 aromatic carbocycles. The van der Waals surface area contributed by atoms with Crippen molar-refractivity contribution in [3.8, 4) is 11.3 Å². The first kappa shape index (κ1) is 14.6. The minimum Gasteiger partial charge on any atom is -0.277 e. The first-order valence-electron chi connectivity index (χ1n) is 7.49. The summed E-state index contributed by atoms with van der Waals surface area (Å²) >= 11 is 0. The topological polar surface area (TPSA) is 46.5 Å². The van der Waals surface area contributed by atoms with E-state index in [9.17, 15) is 8.78 Å². The second-order valence-corrected chi connectivity index (χ2v) is 5.81. The van der Waals surface area contributed by atoms with Gasteiger partial charge in [0, 0.05) is 30.3 Å². The van der Waals surface area contributed by atoms with Crippen LogP contribution in [0.25, 0.3) is 22.2 Å². The van der Waals surface area contributed by atoms with Crippen molar-refractivity contribution in [2.24, 2.45) is 7.05 Å². The van der Waals surface area contributed by atoms with E-state index in [1.54, 1.807) is 10.9 Å². The Morgan fingerprint density at radius 1 is 1.04 bits per heavy atom. The molecule has 0 aliphatic heterocycles. The third kappa shape index (κ3) is 2.67. The summed E-state index contributed by atoms with van der Waals surface area (Å²) in [6.07, 6.45) is 4.09. The van der Waals surface area contributed by atoms with Gasteiger partial charge in [-0.3, -0.25) is 9.78 Å². The zero-order valence-electron chi connectivity index (χ0n) is 12.9. The number of nitrogens with zero attached hydrogens (tertiary/aromatic N) is 3. The van der Waals surface area contributed by atoms with E-state index in [4.69, 9.17) is 0 Å². The van der Waals surface area contributed by atoms with E-state index in [1.807, 2.05) is 31.4 Å². The smallest absolute Gasteiger partial charge is 0.126 e. The van der Waals surface area contributed by atoms with E-state index in [0.29, 0.717) is 12.0 Å². The molecule has 6 heteroatoms. The van der Waals surface area contributed by atoms with Crippen molar-refractivity contribution in [3.05, 3.63) is 71.6 Å². The molecule has 0 unspecified atom stereocenters. The molecule has 0 atom stereocenters. The highest BCUT2D eigenvalue weighted by atomic mass is 19.1. The molecule has 0 saturated carbocycles. The fourth-order valence-corrected chi connectivity index (χ4v) is 2.88. The SMILES string of the molecule is Cn1cc(-c2n[nH]c3ccc(Cc4cc(F)cc(F)c4)cc23)cn1. The summed E-state index contributed by atoms with van der Waals surface area (Å²) in [5, 5.41) is 12.5. The predicted molar refractivity (Wildman–Crippen MR) is 87.5 cm³/mol. The van der Waals surface area contributed by atoms with E-state index >= 15 is 0 Å². The third-order valence-electron chi connectivity index (χ3n) is 3.94. The van der Waals surface area contributed by atoms with Gasteiger partial charge in [-0.1, -0.05) is 6.07 Å². The van der Waals surface area contributed by atoms with Crippen molar-refractivity contribution < 1.29 is 8.78 Å². The van der Waals surface area contributed by atoms with Gasteiger partial charge in [0.25, 0.3) is 0 Å². The highest BCUT2D eigenvalue weighted by Gasteiger charge is 2.11. The van der Waals surface area contributed by atoms with Crippen LogP contribution >= 0.6 is 0 Å². The number of benzene rings is 2. The Morgan fingerprint density at radius 3 is 2.54 bits per heavy atom. The zero-order valence-corrected chi connectivity index (χ0v) is 12.9. The minimum atomic E-state index is -0.564. The lowest BCUT2D eigenvalue weighted by atomic mass is 10.0. The van der Waals surface area contributed by atoms with Crippen LogP contribution in [-0.4, -0.2) is 20.0 Å². The maximum atomic E-state index is 13.4. The van der Waals surface area contributed by atoms with Gasteiger partial charge in [0.05, 0.1) is 11.7 Å². The highest BCUT2D eigenvalue weighted by molar-refractivity contribution is 5.93. The summed E-state index contributed by atoms with van der Waals surface area (Å²) in [4.78, 5) is 0. The Bertz CT molecular complexity index is 1010. The van der Waals surface area contributed by atoms with E-state index in [0.717, 1.165) is 33.8 Å². The number of aryl methyl sites for hydroxylation is 1. The van der Waals surface area contributed by atoms with E-state index in [-0.39, 0.29) is 0 Å². The number of rotatable bonds is 3. The fraction of sp³-hybridized carbons (Fsp3) is 0.111. The lowest BCUT2D eigenvalue weighted by Gasteiger charge is -2.04. The van der Waals surface area contributed by atoms with Gasteiger partial charge in [-0.05, 0) is 41.8 Å². The number of nitrogens with one attached hydrogen (secondary N) is 1. The molecule has 4 aromatic rings. The summed E-state index contributed by atoms with van der Waals surface area (Å²) in [5.41, 5.74) is 4.18. The predicted octanol–water partition coefficient (Wildman–Crippen LogP) is 3.83. The molecule has 4 rings (SSSR count). The van der Waals surface area contributed by atoms with Crippen molar-refractivity contribution in [2.75, 3.05) is 0 Å². The van der Waals surface area contributed by atoms with Crippen LogP contribution in [0.1, 0.15) is 11.1 Å². The molecule has 0 radical (unpaired) electrons. The number of aromatic nitrogens is 4. The van der Waals surface area contributed by atoms with Crippen molar-refractivity contribution in [2.45, 2.75) is 6.42 Å². The summed E-state index contributed by atoms with van der Waals surface area (Å²) in [5.74, 6) is -1.13. The van der Waals surface area contributed by atoms with Crippen LogP contribution in [0.15, 0.2) is 48.8 Å². The maximum absolute atomic E-state index is 13.4. The number of hydrogen-bond donors (Lipinski definition) is 1. The maximum Gasteiger partial charge on any atom is 0.126 e. The van der Waals surface area contributed by atoms with Gasteiger partial charge in [-0.15, -0.1) is 0 Å². The first-order valence-corrected chi connectivity index (χ1v) is 7.49. The van der Waals surface area contributed by atoms with Crippen molar-refractivity contribution in [3.63, 3.8) is 0 Å². The van der Waals surface area contributed by atoms with Gasteiger partial charge < -0.3 is 0 Å². The second-order valence-electron chi connectivity index (χ2n) is 5.81. The largest absolute Gasteiger partial charge is 0.277 e. The van der Waals surface area contributed by atoms with Crippen LogP contribution in [0.5, 0.6) is 0 Å². The molecule has 0 bridgehead atoms. The molecule has 0 fully saturated rings. The van der Waals surface area contributed by atoms with Gasteiger partial charge >= 0.3 is 0 Å². The molecule has 0 saturated heterocycles. The first-order chi connectivity index (χ1) is 11.6. The van der Waals surface area contributed by atoms with Crippen LogP contribution in [-0.2, 0) is 13.5 Å². The van der Waals surface area contributed by atoms with Crippen molar-refractivity contribution in [1.82, 2.24) is 20.0 Å². The fourth-order valence-electron chi connectivity index (χ4n) is 2.88. The van der Waals surface area contributed by atoms with Crippen molar-refractivity contribution >= 4 is 10.9 Å². The average molecular weight is 324 g/mol. The Labute approximate surface area is 136 Å². The van der Waals surface area contributed by atoms with Crippen LogP contribution in [0, 0.1) is 11.6 Å². The number of H-pyrrole nitrogens is 1. The van der Waals surface area contributed by atoms with Gasteiger partial charge in [-0.25, -0.2) is 8.78 Å². The average Bonchev–Trinajstić information content (AvgIpc) is 3.11. The monoisotopic (exact) mass is 324 g/mol. The van der Waals surface area contributed by atoms with Crippen LogP contribution in [0.4, 0.5) is 8.78 Å².